The van der Waals surface area contributed by atoms with E-state index in [1.54, 1.807) is 24.5 Å². The summed E-state index contributed by atoms with van der Waals surface area (Å²) in [6.07, 6.45) is 3.54. The lowest BCUT2D eigenvalue weighted by molar-refractivity contribution is 0.207. The molecule has 0 saturated carbocycles. The first kappa shape index (κ1) is 16.7. The fourth-order valence-electron chi connectivity index (χ4n) is 3.31. The number of aryl methyl sites for hydroxylation is 2. The molecule has 2 amide bonds. The third-order valence-corrected chi connectivity index (χ3v) is 5.37. The van der Waals surface area contributed by atoms with E-state index >= 15 is 0 Å². The van der Waals surface area contributed by atoms with Crippen LogP contribution in [0.3, 0.4) is 0 Å². The number of benzene rings is 1. The van der Waals surface area contributed by atoms with Crippen LogP contribution in [0.2, 0.25) is 0 Å². The molecule has 24 heavy (non-hydrogen) atoms. The molecule has 7 heteroatoms. The molecule has 0 spiro atoms. The predicted octanol–water partition coefficient (Wildman–Crippen LogP) is 3.13. The van der Waals surface area contributed by atoms with E-state index in [1.807, 2.05) is 24.8 Å². The summed E-state index contributed by atoms with van der Waals surface area (Å²) in [7, 11) is -1.07. The van der Waals surface area contributed by atoms with Crippen molar-refractivity contribution in [1.29, 1.82) is 0 Å². The van der Waals surface area contributed by atoms with Crippen LogP contribution in [-0.2, 0) is 10.8 Å². The van der Waals surface area contributed by atoms with Crippen LogP contribution < -0.4 is 5.32 Å². The van der Waals surface area contributed by atoms with Crippen molar-refractivity contribution >= 4 is 22.5 Å². The largest absolute Gasteiger partial charge is 0.322 e. The SMILES string of the molecule is Cc1n[nH]c(C)c1[C@H]1CCCN1C(=O)Nc1cccc([S@](C)=O)c1. The highest BCUT2D eigenvalue weighted by Gasteiger charge is 2.33. The fraction of sp³-hybridized carbons (Fsp3) is 0.412. The molecule has 0 radical (unpaired) electrons. The Morgan fingerprint density at radius 1 is 1.42 bits per heavy atom. The van der Waals surface area contributed by atoms with Crippen molar-refractivity contribution in [2.75, 3.05) is 18.1 Å². The summed E-state index contributed by atoms with van der Waals surface area (Å²) < 4.78 is 11.6. The summed E-state index contributed by atoms with van der Waals surface area (Å²) in [6, 6.07) is 7.09. The van der Waals surface area contributed by atoms with Gasteiger partial charge in [0.2, 0.25) is 0 Å². The molecule has 1 saturated heterocycles. The van der Waals surface area contributed by atoms with Crippen molar-refractivity contribution in [2.24, 2.45) is 0 Å². The fourth-order valence-corrected chi connectivity index (χ4v) is 3.87. The second-order valence-electron chi connectivity index (χ2n) is 6.11. The van der Waals surface area contributed by atoms with Gasteiger partial charge >= 0.3 is 6.03 Å². The third kappa shape index (κ3) is 3.21. The molecule has 0 unspecified atom stereocenters. The van der Waals surface area contributed by atoms with Gasteiger partial charge in [-0.25, -0.2) is 4.79 Å². The number of nitrogens with one attached hydrogen (secondary N) is 2. The minimum absolute atomic E-state index is 0.0484. The van der Waals surface area contributed by atoms with Crippen molar-refractivity contribution < 1.29 is 9.00 Å². The Labute approximate surface area is 144 Å². The zero-order valence-electron chi connectivity index (χ0n) is 14.1. The number of likely N-dealkylation sites (tertiary alicyclic amines) is 1. The van der Waals surface area contributed by atoms with E-state index < -0.39 is 10.8 Å². The van der Waals surface area contributed by atoms with E-state index in [2.05, 4.69) is 15.5 Å². The number of rotatable bonds is 3. The van der Waals surface area contributed by atoms with Gasteiger partial charge in [0.15, 0.2) is 0 Å². The highest BCUT2D eigenvalue weighted by atomic mass is 32.2. The Morgan fingerprint density at radius 2 is 2.21 bits per heavy atom. The first-order valence-electron chi connectivity index (χ1n) is 8.00. The van der Waals surface area contributed by atoms with Gasteiger partial charge in [0.05, 0.1) is 11.7 Å². The summed E-state index contributed by atoms with van der Waals surface area (Å²) in [6.45, 7) is 4.68. The third-order valence-electron chi connectivity index (χ3n) is 4.45. The van der Waals surface area contributed by atoms with E-state index in [1.165, 1.54) is 0 Å². The molecule has 2 atom stereocenters. The highest BCUT2D eigenvalue weighted by molar-refractivity contribution is 7.84. The van der Waals surface area contributed by atoms with Crippen LogP contribution in [0.15, 0.2) is 29.2 Å². The summed E-state index contributed by atoms with van der Waals surface area (Å²) in [5.41, 5.74) is 3.74. The molecule has 6 nitrogen and oxygen atoms in total. The molecule has 1 fully saturated rings. The molecular weight excluding hydrogens is 324 g/mol. The first-order valence-corrected chi connectivity index (χ1v) is 9.55. The molecule has 1 aliphatic heterocycles. The van der Waals surface area contributed by atoms with Gasteiger partial charge in [0, 0.05) is 45.4 Å². The molecule has 2 heterocycles. The number of hydrogen-bond donors (Lipinski definition) is 2. The lowest BCUT2D eigenvalue weighted by Crippen LogP contribution is -2.34. The van der Waals surface area contributed by atoms with Crippen molar-refractivity contribution in [1.82, 2.24) is 15.1 Å². The number of anilines is 1. The lowest BCUT2D eigenvalue weighted by atomic mass is 10.0. The highest BCUT2D eigenvalue weighted by Crippen LogP contribution is 2.35. The maximum Gasteiger partial charge on any atom is 0.322 e. The molecule has 0 bridgehead atoms. The number of nitrogens with zero attached hydrogens (tertiary/aromatic N) is 2. The van der Waals surface area contributed by atoms with Crippen LogP contribution in [0.5, 0.6) is 0 Å². The number of aromatic nitrogens is 2. The Balaban J connectivity index is 1.79. The second kappa shape index (κ2) is 6.76. The summed E-state index contributed by atoms with van der Waals surface area (Å²) in [5.74, 6) is 0. The zero-order chi connectivity index (χ0) is 17.3. The number of aromatic amines is 1. The monoisotopic (exact) mass is 346 g/mol. The van der Waals surface area contributed by atoms with Crippen LogP contribution in [0.1, 0.15) is 35.8 Å². The molecule has 128 valence electrons. The second-order valence-corrected chi connectivity index (χ2v) is 7.49. The first-order chi connectivity index (χ1) is 11.5. The quantitative estimate of drug-likeness (QED) is 0.896. The predicted molar refractivity (Wildman–Crippen MR) is 94.5 cm³/mol. The van der Waals surface area contributed by atoms with Crippen molar-refractivity contribution in [3.63, 3.8) is 0 Å². The number of carbonyl (C=O) groups excluding carboxylic acids is 1. The van der Waals surface area contributed by atoms with Crippen molar-refractivity contribution in [3.8, 4) is 0 Å². The van der Waals surface area contributed by atoms with Crippen LogP contribution in [0, 0.1) is 13.8 Å². The van der Waals surface area contributed by atoms with Crippen LogP contribution in [0.4, 0.5) is 10.5 Å². The van der Waals surface area contributed by atoms with E-state index in [4.69, 9.17) is 0 Å². The van der Waals surface area contributed by atoms with Gasteiger partial charge in [-0.3, -0.25) is 9.31 Å². The van der Waals surface area contributed by atoms with Gasteiger partial charge < -0.3 is 10.2 Å². The minimum atomic E-state index is -1.07. The van der Waals surface area contributed by atoms with Gasteiger partial charge in [-0.2, -0.15) is 5.10 Å². The van der Waals surface area contributed by atoms with E-state index in [0.29, 0.717) is 10.6 Å². The number of amides is 2. The number of hydrogen-bond acceptors (Lipinski definition) is 3. The molecule has 1 aromatic carbocycles. The van der Waals surface area contributed by atoms with Gasteiger partial charge in [0.1, 0.15) is 0 Å². The average molecular weight is 346 g/mol. The van der Waals surface area contributed by atoms with E-state index in [9.17, 15) is 9.00 Å². The standard InChI is InChI=1S/C17H22N4O2S/c1-11-16(12(2)20-19-11)15-8-5-9-21(15)17(22)18-13-6-4-7-14(10-13)24(3)23/h4,6-7,10,15H,5,8-9H2,1-3H3,(H,18,22)(H,19,20)/t15-,24+/m1/s1. The van der Waals surface area contributed by atoms with Crippen molar-refractivity contribution in [3.05, 3.63) is 41.2 Å². The molecule has 2 N–H and O–H groups in total. The number of H-pyrrole nitrogens is 1. The lowest BCUT2D eigenvalue weighted by Gasteiger charge is -2.25. The van der Waals surface area contributed by atoms with Crippen LogP contribution in [-0.4, -0.2) is 38.1 Å². The van der Waals surface area contributed by atoms with Crippen LogP contribution >= 0.6 is 0 Å². The minimum Gasteiger partial charge on any atom is -0.317 e. The van der Waals surface area contributed by atoms with E-state index in [0.717, 1.165) is 36.3 Å². The zero-order valence-corrected chi connectivity index (χ0v) is 14.9. The van der Waals surface area contributed by atoms with Gasteiger partial charge in [-0.05, 0) is 44.9 Å². The normalized spacial score (nSPS) is 18.6. The molecule has 1 aromatic heterocycles. The Kier molecular flexibility index (Phi) is 4.71. The summed E-state index contributed by atoms with van der Waals surface area (Å²) in [4.78, 5) is 15.3. The maximum atomic E-state index is 12.7. The average Bonchev–Trinajstić information content (AvgIpc) is 3.14. The molecule has 0 aliphatic carbocycles. The maximum absolute atomic E-state index is 12.7. The topological polar surface area (TPSA) is 78.1 Å². The van der Waals surface area contributed by atoms with Gasteiger partial charge in [-0.1, -0.05) is 6.07 Å². The molecule has 2 aromatic rings. The Bertz CT molecular complexity index is 767. The van der Waals surface area contributed by atoms with E-state index in [-0.39, 0.29) is 12.1 Å². The molecule has 1 aliphatic rings. The molecule has 3 rings (SSSR count). The smallest absolute Gasteiger partial charge is 0.317 e. The Hall–Kier alpha value is -2.15. The van der Waals surface area contributed by atoms with Crippen molar-refractivity contribution in [2.45, 2.75) is 37.6 Å². The number of carbonyl (C=O) groups is 1. The van der Waals surface area contributed by atoms with Gasteiger partial charge in [0.25, 0.3) is 0 Å². The number of urea groups is 1. The summed E-state index contributed by atoms with van der Waals surface area (Å²) in [5, 5.41) is 10.2. The van der Waals surface area contributed by atoms with Crippen LogP contribution in [0.25, 0.3) is 0 Å². The van der Waals surface area contributed by atoms with Gasteiger partial charge in [-0.15, -0.1) is 0 Å². The summed E-state index contributed by atoms with van der Waals surface area (Å²) >= 11 is 0. The molecular formula is C17H22N4O2S. The Morgan fingerprint density at radius 3 is 2.88 bits per heavy atom.